The third kappa shape index (κ3) is 3.95. The Bertz CT molecular complexity index is 555. The van der Waals surface area contributed by atoms with Crippen molar-refractivity contribution in [3.05, 3.63) is 30.6 Å². The minimum atomic E-state index is -0.294. The van der Waals surface area contributed by atoms with Crippen LogP contribution in [0.3, 0.4) is 0 Å². The highest BCUT2D eigenvalue weighted by atomic mass is 32.2. The topological polar surface area (TPSA) is 81.5 Å². The maximum Gasteiger partial charge on any atom is 0.324 e. The van der Waals surface area contributed by atoms with Gasteiger partial charge in [-0.1, -0.05) is 6.07 Å². The standard InChI is InChI=1S/C11H13N5O2S/c1-15(2)16-7-10(18-14-16)13-9(17)8-19-11-5-3-4-6-12-11/h3-7H,8H2,1-2H3. The number of aromatic nitrogens is 3. The zero-order chi connectivity index (χ0) is 13.7. The molecular weight excluding hydrogens is 266 g/mol. The van der Waals surface area contributed by atoms with E-state index in [0.29, 0.717) is 0 Å². The smallest absolute Gasteiger partial charge is 0.324 e. The fraction of sp³-hybridized carbons (Fsp3) is 0.273. The van der Waals surface area contributed by atoms with Crippen LogP contribution in [0.4, 0.5) is 5.88 Å². The van der Waals surface area contributed by atoms with Gasteiger partial charge in [-0.15, -0.1) is 11.8 Å². The van der Waals surface area contributed by atoms with E-state index in [1.165, 1.54) is 22.7 Å². The molecule has 0 fully saturated rings. The predicted molar refractivity (Wildman–Crippen MR) is 68.8 cm³/mol. The van der Waals surface area contributed by atoms with Gasteiger partial charge in [-0.2, -0.15) is 5.01 Å². The van der Waals surface area contributed by atoms with Crippen LogP contribution in [-0.4, -0.2) is 36.0 Å². The van der Waals surface area contributed by atoms with Crippen molar-refractivity contribution in [1.82, 2.24) is 10.3 Å². The first-order valence-electron chi connectivity index (χ1n) is 5.50. The van der Waals surface area contributed by atoms with Gasteiger partial charge in [0.05, 0.1) is 23.9 Å². The van der Waals surface area contributed by atoms with Gasteiger partial charge in [0, 0.05) is 11.9 Å². The van der Waals surface area contributed by atoms with Gasteiger partial charge >= 0.3 is 5.88 Å². The van der Waals surface area contributed by atoms with E-state index in [2.05, 4.69) is 15.2 Å². The normalized spacial score (nSPS) is 11.6. The number of pyridine rings is 1. The summed E-state index contributed by atoms with van der Waals surface area (Å²) in [4.78, 5) is 9.36. The van der Waals surface area contributed by atoms with Crippen molar-refractivity contribution >= 4 is 23.5 Å². The van der Waals surface area contributed by atoms with Crippen molar-refractivity contribution in [2.75, 3.05) is 24.9 Å². The van der Waals surface area contributed by atoms with Crippen LogP contribution in [0.2, 0.25) is 0 Å². The molecule has 0 aliphatic rings. The molecule has 0 amide bonds. The molecule has 0 atom stereocenters. The van der Waals surface area contributed by atoms with Crippen LogP contribution >= 0.6 is 11.8 Å². The first kappa shape index (κ1) is 13.3. The van der Waals surface area contributed by atoms with Crippen molar-refractivity contribution in [1.29, 1.82) is 0 Å². The van der Waals surface area contributed by atoms with Crippen LogP contribution in [0.25, 0.3) is 0 Å². The molecule has 19 heavy (non-hydrogen) atoms. The lowest BCUT2D eigenvalue weighted by Crippen LogP contribution is -2.53. The number of thioether (sulfide) groups is 1. The molecule has 7 nitrogen and oxygen atoms in total. The van der Waals surface area contributed by atoms with Crippen LogP contribution < -0.4 is 14.9 Å². The molecule has 8 heteroatoms. The van der Waals surface area contributed by atoms with Gasteiger partial charge in [0.1, 0.15) is 0 Å². The highest BCUT2D eigenvalue weighted by Gasteiger charge is 2.12. The van der Waals surface area contributed by atoms with Gasteiger partial charge in [0.2, 0.25) is 5.27 Å². The third-order valence-electron chi connectivity index (χ3n) is 2.07. The van der Waals surface area contributed by atoms with E-state index in [1.54, 1.807) is 25.3 Å². The van der Waals surface area contributed by atoms with Crippen LogP contribution in [0.1, 0.15) is 0 Å². The summed E-state index contributed by atoms with van der Waals surface area (Å²) in [5.74, 6) is 0.0951. The number of hydrogen-bond acceptors (Lipinski definition) is 7. The second-order valence-electron chi connectivity index (χ2n) is 3.77. The van der Waals surface area contributed by atoms with Crippen LogP contribution in [-0.2, 0) is 0 Å². The van der Waals surface area contributed by atoms with Gasteiger partial charge in [-0.05, 0) is 18.0 Å². The summed E-state index contributed by atoms with van der Waals surface area (Å²) in [5, 5.41) is 17.8. The molecule has 0 bridgehead atoms. The van der Waals surface area contributed by atoms with Crippen molar-refractivity contribution in [2.24, 2.45) is 4.99 Å². The molecule has 2 heterocycles. The van der Waals surface area contributed by atoms with Crippen molar-refractivity contribution in [2.45, 2.75) is 5.03 Å². The van der Waals surface area contributed by atoms with Gasteiger partial charge < -0.3 is 5.11 Å². The lowest BCUT2D eigenvalue weighted by Gasteiger charge is -2.07. The Morgan fingerprint density at radius 2 is 2.37 bits per heavy atom. The van der Waals surface area contributed by atoms with Crippen LogP contribution in [0, 0.1) is 0 Å². The minimum Gasteiger partial charge on any atom is -0.861 e. The molecule has 0 unspecified atom stereocenters. The number of aliphatic imine (C=N–C) groups is 1. The summed E-state index contributed by atoms with van der Waals surface area (Å²) in [7, 11) is 3.59. The Hall–Kier alpha value is -2.09. The zero-order valence-electron chi connectivity index (χ0n) is 10.6. The van der Waals surface area contributed by atoms with Gasteiger partial charge in [0.25, 0.3) is 6.20 Å². The summed E-state index contributed by atoms with van der Waals surface area (Å²) in [6, 6.07) is 5.53. The van der Waals surface area contributed by atoms with Crippen molar-refractivity contribution in [3.63, 3.8) is 0 Å². The average Bonchev–Trinajstić information content (AvgIpc) is 2.86. The fourth-order valence-corrected chi connectivity index (χ4v) is 1.84. The minimum absolute atomic E-state index is 0.181. The third-order valence-corrected chi connectivity index (χ3v) is 3.00. The Morgan fingerprint density at radius 3 is 3.00 bits per heavy atom. The van der Waals surface area contributed by atoms with E-state index in [9.17, 15) is 5.11 Å². The molecule has 0 spiro atoms. The zero-order valence-corrected chi connectivity index (χ0v) is 11.4. The Balaban J connectivity index is 1.95. The molecule has 0 aromatic carbocycles. The molecule has 0 N–H and O–H groups in total. The second-order valence-corrected chi connectivity index (χ2v) is 4.77. The Labute approximate surface area is 114 Å². The van der Waals surface area contributed by atoms with E-state index in [1.807, 2.05) is 18.2 Å². The monoisotopic (exact) mass is 279 g/mol. The second kappa shape index (κ2) is 6.19. The molecule has 2 aromatic rings. The van der Waals surface area contributed by atoms with Crippen LogP contribution in [0.5, 0.6) is 0 Å². The molecule has 0 saturated heterocycles. The molecular formula is C11H13N5O2S. The Kier molecular flexibility index (Phi) is 4.35. The Morgan fingerprint density at radius 1 is 1.53 bits per heavy atom. The van der Waals surface area contributed by atoms with E-state index >= 15 is 0 Å². The van der Waals surface area contributed by atoms with Crippen molar-refractivity contribution < 1.29 is 14.4 Å². The van der Waals surface area contributed by atoms with Gasteiger partial charge in [-0.25, -0.2) is 9.98 Å². The first-order chi connectivity index (χ1) is 9.15. The number of rotatable bonds is 5. The molecule has 0 saturated carbocycles. The van der Waals surface area contributed by atoms with E-state index in [4.69, 9.17) is 4.52 Å². The predicted octanol–water partition coefficient (Wildman–Crippen LogP) is -0.263. The summed E-state index contributed by atoms with van der Waals surface area (Å²) in [6.45, 7) is 0. The molecule has 0 aliphatic carbocycles. The SMILES string of the molecule is CN(C)[n+]1cc(/N=C(\[O-])CSc2ccccn2)on1. The van der Waals surface area contributed by atoms with Gasteiger partial charge in [-0.3, -0.25) is 4.52 Å². The summed E-state index contributed by atoms with van der Waals surface area (Å²) in [6.07, 6.45) is 3.21. The molecule has 2 rings (SSSR count). The molecule has 2 aromatic heterocycles. The lowest BCUT2D eigenvalue weighted by molar-refractivity contribution is -0.753. The summed E-state index contributed by atoms with van der Waals surface area (Å²) in [5.41, 5.74) is 0. The average molecular weight is 279 g/mol. The maximum atomic E-state index is 11.6. The highest BCUT2D eigenvalue weighted by molar-refractivity contribution is 7.99. The van der Waals surface area contributed by atoms with E-state index in [0.717, 1.165) is 5.03 Å². The molecule has 0 aliphatic heterocycles. The van der Waals surface area contributed by atoms with E-state index in [-0.39, 0.29) is 17.5 Å². The number of hydrogen-bond donors (Lipinski definition) is 0. The van der Waals surface area contributed by atoms with Crippen molar-refractivity contribution in [3.8, 4) is 0 Å². The highest BCUT2D eigenvalue weighted by Crippen LogP contribution is 2.14. The quantitative estimate of drug-likeness (QED) is 0.324. The summed E-state index contributed by atoms with van der Waals surface area (Å²) >= 11 is 1.33. The maximum absolute atomic E-state index is 11.6. The molecule has 0 radical (unpaired) electrons. The summed E-state index contributed by atoms with van der Waals surface area (Å²) < 4.78 is 4.91. The largest absolute Gasteiger partial charge is 0.861 e. The lowest BCUT2D eigenvalue weighted by atomic mass is 10.5. The fourth-order valence-electron chi connectivity index (χ4n) is 1.19. The van der Waals surface area contributed by atoms with E-state index < -0.39 is 0 Å². The number of nitrogens with zero attached hydrogens (tertiary/aromatic N) is 5. The molecule has 100 valence electrons. The van der Waals surface area contributed by atoms with Gasteiger partial charge in [0.15, 0.2) is 0 Å². The van der Waals surface area contributed by atoms with Crippen LogP contribution in [0.15, 0.2) is 45.1 Å². The first-order valence-corrected chi connectivity index (χ1v) is 6.48.